The maximum atomic E-state index is 10.2. The molecule has 0 aromatic rings. The van der Waals surface area contributed by atoms with Crippen LogP contribution < -0.4 is 5.73 Å². The van der Waals surface area contributed by atoms with Gasteiger partial charge in [0.25, 0.3) is 0 Å². The van der Waals surface area contributed by atoms with Gasteiger partial charge in [0.15, 0.2) is 0 Å². The van der Waals surface area contributed by atoms with Crippen molar-refractivity contribution in [3.8, 4) is 0 Å². The summed E-state index contributed by atoms with van der Waals surface area (Å²) in [5.41, 5.74) is 5.24. The number of nitrogens with two attached hydrogens (primary N) is 1. The third kappa shape index (κ3) is 14.6. The Kier molecular flexibility index (Phi) is 13.7. The fourth-order valence-corrected chi connectivity index (χ4v) is 1.19. The molecule has 4 N–H and O–H groups in total. The first-order chi connectivity index (χ1) is 6.09. The van der Waals surface area contributed by atoms with Crippen LogP contribution in [-0.4, -0.2) is 28.6 Å². The molecule has 1 atom stereocenters. The number of carbonyl (C=O) groups is 1. The van der Waals surface area contributed by atoms with Crippen molar-refractivity contribution in [3.63, 3.8) is 0 Å². The zero-order valence-corrected chi connectivity index (χ0v) is 9.11. The molecule has 0 amide bonds. The minimum Gasteiger partial charge on any atom is -0.480 e. The molecule has 5 nitrogen and oxygen atoms in total. The van der Waals surface area contributed by atoms with Crippen LogP contribution in [0.5, 0.6) is 0 Å². The second kappa shape index (κ2) is 11.7. The third-order valence-corrected chi connectivity index (χ3v) is 2.03. The second-order valence-electron chi connectivity index (χ2n) is 2.02. The van der Waals surface area contributed by atoms with Crippen LogP contribution in [0.2, 0.25) is 0 Å². The molecular weight excluding hydrogens is 212 g/mol. The van der Waals surface area contributed by atoms with Gasteiger partial charge >= 0.3 is 5.97 Å². The number of thioether (sulfide) groups is 1. The first-order valence-electron chi connectivity index (χ1n) is 3.65. The molecule has 0 rings (SSSR count). The van der Waals surface area contributed by atoms with Crippen molar-refractivity contribution in [2.45, 2.75) is 19.4 Å². The predicted molar refractivity (Wildman–Crippen MR) is 55.4 cm³/mol. The smallest absolute Gasteiger partial charge is 0.320 e. The number of aliphatic carboxylic acids is 1. The molecule has 80 valence electrons. The molecular formula is C6H15N2O3S2-. The molecule has 7 heteroatoms. The molecule has 0 aromatic heterocycles. The Balaban J connectivity index is 0. The topological polar surface area (TPSA) is 104 Å². The molecule has 0 aliphatic carbocycles. The lowest BCUT2D eigenvalue weighted by molar-refractivity contribution is -0.138. The van der Waals surface area contributed by atoms with Gasteiger partial charge in [-0.15, -0.1) is 0 Å². The molecule has 0 heterocycles. The fraction of sp³-hybridized carbons (Fsp3) is 0.833. The van der Waals surface area contributed by atoms with E-state index in [9.17, 15) is 4.79 Å². The van der Waals surface area contributed by atoms with Crippen molar-refractivity contribution >= 4 is 29.2 Å². The van der Waals surface area contributed by atoms with Crippen LogP contribution in [0.4, 0.5) is 0 Å². The standard InChI is InChI=1S/C6H13NO2S.H2NOS/c1-2-10-4-3-5(7)6(8)9;1-3-2/h5H,2-4,7H2,1H3,(H,8,9);1,3H/q;-1. The van der Waals surface area contributed by atoms with Crippen molar-refractivity contribution in [1.29, 1.82) is 4.78 Å². The van der Waals surface area contributed by atoms with Crippen molar-refractivity contribution in [1.82, 2.24) is 0 Å². The zero-order valence-electron chi connectivity index (χ0n) is 7.40. The fourth-order valence-electron chi connectivity index (χ4n) is 0.478. The molecule has 13 heavy (non-hydrogen) atoms. The van der Waals surface area contributed by atoms with Gasteiger partial charge < -0.3 is 19.8 Å². The van der Waals surface area contributed by atoms with E-state index in [1.807, 2.05) is 6.92 Å². The summed E-state index contributed by atoms with van der Waals surface area (Å²) in [6.07, 6.45) is 0.563. The molecule has 0 radical (unpaired) electrons. The summed E-state index contributed by atoms with van der Waals surface area (Å²) in [4.78, 5) is 10.2. The Hall–Kier alpha value is -0.270. The van der Waals surface area contributed by atoms with Gasteiger partial charge in [-0.25, -0.2) is 11.5 Å². The maximum Gasteiger partial charge on any atom is 0.320 e. The Morgan fingerprint density at radius 1 is 1.77 bits per heavy atom. The van der Waals surface area contributed by atoms with Gasteiger partial charge in [-0.3, -0.25) is 4.79 Å². The van der Waals surface area contributed by atoms with E-state index in [1.54, 1.807) is 11.8 Å². The number of nitrogens with one attached hydrogen (secondary N) is 1. The first kappa shape index (κ1) is 15.2. The Bertz CT molecular complexity index is 171. The molecule has 0 saturated heterocycles. The summed E-state index contributed by atoms with van der Waals surface area (Å²) in [5.74, 6) is 0.952. The van der Waals surface area contributed by atoms with Gasteiger partial charge in [0.2, 0.25) is 0 Å². The minimum atomic E-state index is -0.906. The Labute approximate surface area is 85.1 Å². The minimum absolute atomic E-state index is 0.563. The molecule has 1 unspecified atom stereocenters. The monoisotopic (exact) mass is 227 g/mol. The van der Waals surface area contributed by atoms with Crippen LogP contribution in [0, 0.1) is 4.78 Å². The highest BCUT2D eigenvalue weighted by atomic mass is 32.2. The zero-order chi connectivity index (χ0) is 10.7. The lowest BCUT2D eigenvalue weighted by Crippen LogP contribution is -2.30. The van der Waals surface area contributed by atoms with Gasteiger partial charge in [-0.1, -0.05) is 6.92 Å². The van der Waals surface area contributed by atoms with E-state index < -0.39 is 23.5 Å². The van der Waals surface area contributed by atoms with Gasteiger partial charge in [0.05, 0.1) is 0 Å². The summed E-state index contributed by atoms with van der Waals surface area (Å²) in [6, 6.07) is -0.681. The average molecular weight is 227 g/mol. The van der Waals surface area contributed by atoms with Crippen LogP contribution >= 0.6 is 11.8 Å². The van der Waals surface area contributed by atoms with Gasteiger partial charge in [0.1, 0.15) is 6.04 Å². The lowest BCUT2D eigenvalue weighted by atomic mass is 10.2. The SMILES string of the molecule is CCSCCC(N)C(=O)O.N=[SH-]=O. The van der Waals surface area contributed by atoms with E-state index in [0.29, 0.717) is 6.42 Å². The number of hydrogen-bond donors (Lipinski definition) is 3. The summed E-state index contributed by atoms with van der Waals surface area (Å²) >= 11 is 1.13. The third-order valence-electron chi connectivity index (χ3n) is 1.09. The number of thiol groups is 1. The van der Waals surface area contributed by atoms with Crippen LogP contribution in [0.3, 0.4) is 0 Å². The Morgan fingerprint density at radius 3 is 2.54 bits per heavy atom. The van der Waals surface area contributed by atoms with Crippen molar-refractivity contribution in [3.05, 3.63) is 0 Å². The molecule has 0 spiro atoms. The van der Waals surface area contributed by atoms with Gasteiger partial charge in [0, 0.05) is 0 Å². The Morgan fingerprint density at radius 2 is 2.23 bits per heavy atom. The number of rotatable bonds is 5. The van der Waals surface area contributed by atoms with Crippen LogP contribution in [0.1, 0.15) is 13.3 Å². The van der Waals surface area contributed by atoms with Crippen LogP contribution in [-0.2, 0) is 20.5 Å². The van der Waals surface area contributed by atoms with Crippen molar-refractivity contribution < 1.29 is 14.1 Å². The molecule has 0 aliphatic rings. The molecule has 0 aliphatic heterocycles. The molecule has 0 bridgehead atoms. The highest BCUT2D eigenvalue weighted by molar-refractivity contribution is 7.99. The van der Waals surface area contributed by atoms with Gasteiger partial charge in [-0.2, -0.15) is 11.8 Å². The van der Waals surface area contributed by atoms with Crippen molar-refractivity contribution in [2.75, 3.05) is 11.5 Å². The quantitative estimate of drug-likeness (QED) is 0.359. The van der Waals surface area contributed by atoms with E-state index in [2.05, 4.69) is 0 Å². The van der Waals surface area contributed by atoms with E-state index in [4.69, 9.17) is 19.8 Å². The summed E-state index contributed by atoms with van der Waals surface area (Å²) in [6.45, 7) is 2.04. The number of carboxylic acid groups (broad SMARTS) is 1. The highest BCUT2D eigenvalue weighted by Gasteiger charge is 2.09. The van der Waals surface area contributed by atoms with Crippen molar-refractivity contribution in [2.24, 2.45) is 5.73 Å². The van der Waals surface area contributed by atoms with E-state index in [0.717, 1.165) is 11.5 Å². The summed E-state index contributed by atoms with van der Waals surface area (Å²) in [5, 5.41) is 8.35. The first-order valence-corrected chi connectivity index (χ1v) is 5.62. The molecule has 0 fully saturated rings. The summed E-state index contributed by atoms with van der Waals surface area (Å²) < 4.78 is 14.2. The lowest BCUT2D eigenvalue weighted by Gasteiger charge is -2.03. The molecule has 0 aromatic carbocycles. The van der Waals surface area contributed by atoms with Gasteiger partial charge in [-0.05, 0) is 17.9 Å². The average Bonchev–Trinajstić information content (AvgIpc) is 2.06. The highest BCUT2D eigenvalue weighted by Crippen LogP contribution is 2.02. The van der Waals surface area contributed by atoms with Crippen LogP contribution in [0.25, 0.3) is 0 Å². The largest absolute Gasteiger partial charge is 0.480 e. The normalized spacial score (nSPS) is 11.2. The predicted octanol–water partition coefficient (Wildman–Crippen LogP) is 0.451. The number of carboxylic acids is 1. The number of hydrogen-bond acceptors (Lipinski definition) is 6. The second-order valence-corrected chi connectivity index (χ2v) is 3.60. The maximum absolute atomic E-state index is 10.2. The summed E-state index contributed by atoms with van der Waals surface area (Å²) in [7, 11) is 0. The molecule has 0 saturated carbocycles. The van der Waals surface area contributed by atoms with E-state index in [-0.39, 0.29) is 0 Å². The van der Waals surface area contributed by atoms with Crippen LogP contribution in [0.15, 0.2) is 0 Å². The van der Waals surface area contributed by atoms with E-state index in [1.165, 1.54) is 0 Å². The van der Waals surface area contributed by atoms with E-state index >= 15 is 0 Å².